The van der Waals surface area contributed by atoms with Crippen molar-refractivity contribution in [3.05, 3.63) is 47.5 Å². The summed E-state index contributed by atoms with van der Waals surface area (Å²) >= 11 is 0. The molecule has 2 N–H and O–H groups in total. The summed E-state index contributed by atoms with van der Waals surface area (Å²) in [7, 11) is -0.384. The van der Waals surface area contributed by atoms with Crippen LogP contribution in [0.4, 0.5) is 5.69 Å². The van der Waals surface area contributed by atoms with Crippen molar-refractivity contribution in [2.45, 2.75) is 37.5 Å². The lowest BCUT2D eigenvalue weighted by atomic mass is 10.1. The predicted molar refractivity (Wildman–Crippen MR) is 120 cm³/mol. The zero-order valence-corrected chi connectivity index (χ0v) is 18.7. The molecule has 0 saturated heterocycles. The summed E-state index contributed by atoms with van der Waals surface area (Å²) in [6, 6.07) is 10.4. The molecule has 0 spiro atoms. The number of carbonyl (C=O) groups is 1. The average molecular weight is 446 g/mol. The van der Waals surface area contributed by atoms with Gasteiger partial charge in [0.25, 0.3) is 10.0 Å². The number of anilines is 1. The van der Waals surface area contributed by atoms with E-state index in [0.717, 1.165) is 18.4 Å². The number of benzene rings is 2. The molecule has 0 bridgehead atoms. The van der Waals surface area contributed by atoms with Crippen LogP contribution in [0.3, 0.4) is 0 Å². The van der Waals surface area contributed by atoms with E-state index in [1.807, 2.05) is 13.0 Å². The van der Waals surface area contributed by atoms with Gasteiger partial charge in [-0.05, 0) is 43.5 Å². The van der Waals surface area contributed by atoms with E-state index in [0.29, 0.717) is 48.0 Å². The van der Waals surface area contributed by atoms with E-state index < -0.39 is 10.0 Å². The Hall–Kier alpha value is -3.07. The van der Waals surface area contributed by atoms with Gasteiger partial charge in [-0.3, -0.25) is 14.5 Å². The smallest absolute Gasteiger partial charge is 0.263 e. The Kier molecular flexibility index (Phi) is 7.17. The highest BCUT2D eigenvalue weighted by atomic mass is 32.2. The minimum Gasteiger partial charge on any atom is -0.493 e. The molecule has 1 aliphatic rings. The Morgan fingerprint density at radius 3 is 2.52 bits per heavy atom. The van der Waals surface area contributed by atoms with Gasteiger partial charge in [0.05, 0.1) is 19.1 Å². The fraction of sp³-hybridized carbons (Fsp3) is 0.364. The third kappa shape index (κ3) is 5.35. The lowest BCUT2D eigenvalue weighted by molar-refractivity contribution is -0.116. The molecular weight excluding hydrogens is 418 g/mol. The van der Waals surface area contributed by atoms with Crippen LogP contribution in [-0.2, 0) is 14.8 Å². The normalized spacial score (nSPS) is 15.3. The van der Waals surface area contributed by atoms with Crippen LogP contribution < -0.4 is 19.5 Å². The second-order valence-corrected chi connectivity index (χ2v) is 8.86. The summed E-state index contributed by atoms with van der Waals surface area (Å²) < 4.78 is 37.2. The topological polar surface area (TPSA) is 106 Å². The molecule has 1 heterocycles. The Bertz CT molecular complexity index is 1100. The van der Waals surface area contributed by atoms with Crippen LogP contribution in [0.5, 0.6) is 11.5 Å². The van der Waals surface area contributed by atoms with E-state index in [4.69, 9.17) is 9.47 Å². The molecule has 0 radical (unpaired) electrons. The molecule has 9 heteroatoms. The van der Waals surface area contributed by atoms with Gasteiger partial charge in [0.2, 0.25) is 5.91 Å². The highest BCUT2D eigenvalue weighted by Crippen LogP contribution is 2.33. The number of rotatable bonds is 9. The van der Waals surface area contributed by atoms with Crippen molar-refractivity contribution >= 4 is 27.5 Å². The third-order valence-electron chi connectivity index (χ3n) is 5.00. The van der Waals surface area contributed by atoms with E-state index in [1.165, 1.54) is 0 Å². The summed E-state index contributed by atoms with van der Waals surface area (Å²) in [6.07, 6.45) is 2.67. The molecule has 31 heavy (non-hydrogen) atoms. The van der Waals surface area contributed by atoms with Crippen molar-refractivity contribution in [3.8, 4) is 11.5 Å². The highest BCUT2D eigenvalue weighted by molar-refractivity contribution is 7.90. The molecule has 1 amide bonds. The van der Waals surface area contributed by atoms with Gasteiger partial charge < -0.3 is 14.8 Å². The average Bonchev–Trinajstić information content (AvgIpc) is 3.02. The number of nitrogens with zero attached hydrogens (tertiary/aromatic N) is 1. The van der Waals surface area contributed by atoms with Crippen LogP contribution in [0, 0.1) is 6.92 Å². The number of hydrogen-bond acceptors (Lipinski definition) is 6. The maximum atomic E-state index is 12.3. The molecule has 0 fully saturated rings. The molecular formula is C22H27N3O5S. The summed E-state index contributed by atoms with van der Waals surface area (Å²) in [4.78, 5) is 16.9. The van der Waals surface area contributed by atoms with Crippen LogP contribution in [0.2, 0.25) is 0 Å². The van der Waals surface area contributed by atoms with E-state index in [2.05, 4.69) is 15.0 Å². The molecule has 0 unspecified atom stereocenters. The number of nitrogens with one attached hydrogen (secondary N) is 2. The van der Waals surface area contributed by atoms with Gasteiger partial charge in [0.1, 0.15) is 5.84 Å². The first-order chi connectivity index (χ1) is 14.9. The van der Waals surface area contributed by atoms with Crippen molar-refractivity contribution < 1.29 is 22.7 Å². The third-order valence-corrected chi connectivity index (χ3v) is 6.40. The molecule has 0 aromatic heterocycles. The summed E-state index contributed by atoms with van der Waals surface area (Å²) in [5.41, 5.74) is 2.19. The zero-order chi connectivity index (χ0) is 22.4. The van der Waals surface area contributed by atoms with Crippen LogP contribution in [-0.4, -0.2) is 40.9 Å². The van der Waals surface area contributed by atoms with Crippen LogP contribution in [0.1, 0.15) is 36.8 Å². The quantitative estimate of drug-likeness (QED) is 0.577. The maximum Gasteiger partial charge on any atom is 0.263 e. The Morgan fingerprint density at radius 2 is 1.77 bits per heavy atom. The molecule has 3 rings (SSSR count). The standard InChI is InChI=1S/C22H27N3O5S/c1-15-13-18(29-2)19(30-3)14-17(15)24-21(26)11-5-4-8-12-23-22-16-9-6-7-10-20(16)31(27,28)25-22/h6-7,9-10,13-14H,4-5,8,11-12H2,1-3H3,(H,23,25)(H,24,26). The second kappa shape index (κ2) is 9.82. The summed E-state index contributed by atoms with van der Waals surface area (Å²) in [6.45, 7) is 2.38. The number of unbranched alkanes of at least 4 members (excludes halogenated alkanes) is 2. The minimum absolute atomic E-state index is 0.0703. The van der Waals surface area contributed by atoms with Gasteiger partial charge >= 0.3 is 0 Å². The van der Waals surface area contributed by atoms with Crippen LogP contribution in [0.25, 0.3) is 0 Å². The first kappa shape index (κ1) is 22.6. The van der Waals surface area contributed by atoms with Gasteiger partial charge in [-0.2, -0.15) is 0 Å². The number of fused-ring (bicyclic) bond motifs is 1. The minimum atomic E-state index is -3.51. The van der Waals surface area contributed by atoms with Crippen molar-refractivity contribution in [1.29, 1.82) is 0 Å². The second-order valence-electron chi connectivity index (χ2n) is 7.21. The Balaban J connectivity index is 1.45. The SMILES string of the molecule is COc1cc(C)c(NC(=O)CCCCCN=C2NS(=O)(=O)c3ccccc32)cc1OC. The number of methoxy groups -OCH3 is 2. The number of aliphatic imine (C=N–C) groups is 1. The molecule has 166 valence electrons. The van der Waals surface area contributed by atoms with Gasteiger partial charge in [-0.15, -0.1) is 0 Å². The number of carbonyl (C=O) groups excluding carboxylic acids is 1. The van der Waals surface area contributed by atoms with Crippen molar-refractivity contribution in [2.75, 3.05) is 26.1 Å². The fourth-order valence-corrected chi connectivity index (χ4v) is 4.60. The zero-order valence-electron chi connectivity index (χ0n) is 17.9. The summed E-state index contributed by atoms with van der Waals surface area (Å²) in [5.74, 6) is 1.50. The van der Waals surface area contributed by atoms with Crippen molar-refractivity contribution in [1.82, 2.24) is 4.72 Å². The lowest BCUT2D eigenvalue weighted by Gasteiger charge is -2.13. The lowest BCUT2D eigenvalue weighted by Crippen LogP contribution is -2.22. The Labute approximate surface area is 182 Å². The van der Waals surface area contributed by atoms with Crippen molar-refractivity contribution in [2.24, 2.45) is 4.99 Å². The molecule has 8 nitrogen and oxygen atoms in total. The van der Waals surface area contributed by atoms with Gasteiger partial charge in [0.15, 0.2) is 11.5 Å². The fourth-order valence-electron chi connectivity index (χ4n) is 3.34. The van der Waals surface area contributed by atoms with Gasteiger partial charge in [-0.25, -0.2) is 8.42 Å². The van der Waals surface area contributed by atoms with E-state index >= 15 is 0 Å². The number of hydrogen-bond donors (Lipinski definition) is 2. The molecule has 1 aliphatic heterocycles. The van der Waals surface area contributed by atoms with Gasteiger partial charge in [0, 0.05) is 30.3 Å². The number of sulfonamides is 1. The van der Waals surface area contributed by atoms with Crippen molar-refractivity contribution in [3.63, 3.8) is 0 Å². The van der Waals surface area contributed by atoms with Crippen LogP contribution >= 0.6 is 0 Å². The molecule has 0 saturated carbocycles. The number of amidine groups is 1. The van der Waals surface area contributed by atoms with Gasteiger partial charge in [-0.1, -0.05) is 18.6 Å². The first-order valence-corrected chi connectivity index (χ1v) is 11.5. The summed E-state index contributed by atoms with van der Waals surface area (Å²) in [5, 5.41) is 2.91. The highest BCUT2D eigenvalue weighted by Gasteiger charge is 2.29. The van der Waals surface area contributed by atoms with E-state index in [-0.39, 0.29) is 10.8 Å². The molecule has 2 aromatic rings. The number of amides is 1. The maximum absolute atomic E-state index is 12.3. The first-order valence-electron chi connectivity index (χ1n) is 10.0. The van der Waals surface area contributed by atoms with E-state index in [1.54, 1.807) is 44.6 Å². The Morgan fingerprint density at radius 1 is 1.06 bits per heavy atom. The predicted octanol–water partition coefficient (Wildman–Crippen LogP) is 3.25. The van der Waals surface area contributed by atoms with Crippen LogP contribution in [0.15, 0.2) is 46.3 Å². The monoisotopic (exact) mass is 445 g/mol. The molecule has 0 aliphatic carbocycles. The number of aryl methyl sites for hydroxylation is 1. The van der Waals surface area contributed by atoms with E-state index in [9.17, 15) is 13.2 Å². The number of ether oxygens (including phenoxy) is 2. The molecule has 0 atom stereocenters. The largest absolute Gasteiger partial charge is 0.493 e. The molecule has 2 aromatic carbocycles.